The van der Waals surface area contributed by atoms with Gasteiger partial charge in [-0.3, -0.25) is 4.68 Å². The van der Waals surface area contributed by atoms with Gasteiger partial charge in [0, 0.05) is 65.4 Å². The van der Waals surface area contributed by atoms with Crippen molar-refractivity contribution in [3.63, 3.8) is 0 Å². The van der Waals surface area contributed by atoms with Crippen molar-refractivity contribution in [2.75, 3.05) is 26.8 Å². The smallest absolute Gasteiger partial charge is 0.410 e. The fourth-order valence-corrected chi connectivity index (χ4v) is 4.48. The van der Waals surface area contributed by atoms with Gasteiger partial charge in [-0.25, -0.2) is 9.78 Å². The highest BCUT2D eigenvalue weighted by atomic mass is 127. The van der Waals surface area contributed by atoms with Crippen molar-refractivity contribution in [1.29, 1.82) is 0 Å². The van der Waals surface area contributed by atoms with Crippen molar-refractivity contribution in [2.24, 2.45) is 5.92 Å². The van der Waals surface area contributed by atoms with Crippen LogP contribution in [-0.2, 0) is 22.6 Å². The van der Waals surface area contributed by atoms with E-state index >= 15 is 0 Å². The second-order valence-electron chi connectivity index (χ2n) is 8.94. The highest BCUT2D eigenvalue weighted by Gasteiger charge is 2.34. The molecule has 2 aromatic heterocycles. The molecule has 0 atom stereocenters. The second kappa shape index (κ2) is 8.78. The molecule has 1 aromatic carbocycles. The standard InChI is InChI=1S/C22H28IN5O3/c1-22(2,3)31-21(29)27-10-15(11-27)12-28-14-24-20(25-28)16-5-6-19-17(9-16)18(23)13-26(19)7-8-30-4/h5-6,9,13-15H,7-8,10-12H2,1-4H3. The average molecular weight is 537 g/mol. The molecule has 0 aliphatic carbocycles. The van der Waals surface area contributed by atoms with Gasteiger partial charge in [-0.15, -0.1) is 0 Å². The number of hydrogen-bond acceptors (Lipinski definition) is 5. The fraction of sp³-hybridized carbons (Fsp3) is 0.500. The number of aromatic nitrogens is 4. The lowest BCUT2D eigenvalue weighted by Gasteiger charge is -2.39. The van der Waals surface area contributed by atoms with Crippen LogP contribution in [0.1, 0.15) is 20.8 Å². The van der Waals surface area contributed by atoms with Crippen LogP contribution in [0.2, 0.25) is 0 Å². The van der Waals surface area contributed by atoms with E-state index in [9.17, 15) is 4.79 Å². The molecule has 0 bridgehead atoms. The SMILES string of the molecule is COCCn1cc(I)c2cc(-c3ncn(CC4CN(C(=O)OC(C)(C)C)C4)n3)ccc21. The summed E-state index contributed by atoms with van der Waals surface area (Å²) in [7, 11) is 1.72. The molecule has 4 rings (SSSR count). The highest BCUT2D eigenvalue weighted by molar-refractivity contribution is 14.1. The molecule has 8 nitrogen and oxygen atoms in total. The van der Waals surface area contributed by atoms with Gasteiger partial charge < -0.3 is 18.9 Å². The average Bonchev–Trinajstić information content (AvgIpc) is 3.25. The Bertz CT molecular complexity index is 1080. The number of rotatable bonds is 6. The van der Waals surface area contributed by atoms with Gasteiger partial charge in [-0.1, -0.05) is 0 Å². The Morgan fingerprint density at radius 1 is 1.29 bits per heavy atom. The minimum atomic E-state index is -0.466. The van der Waals surface area contributed by atoms with Gasteiger partial charge in [0.15, 0.2) is 5.82 Å². The molecule has 166 valence electrons. The van der Waals surface area contributed by atoms with Crippen LogP contribution in [0, 0.1) is 9.49 Å². The Morgan fingerprint density at radius 2 is 2.06 bits per heavy atom. The van der Waals surface area contributed by atoms with Gasteiger partial charge in [0.1, 0.15) is 11.9 Å². The summed E-state index contributed by atoms with van der Waals surface area (Å²) in [6.45, 7) is 9.25. The molecule has 3 aromatic rings. The number of amides is 1. The first-order valence-corrected chi connectivity index (χ1v) is 11.5. The lowest BCUT2D eigenvalue weighted by atomic mass is 10.0. The molecule has 1 fully saturated rings. The van der Waals surface area contributed by atoms with E-state index < -0.39 is 5.60 Å². The summed E-state index contributed by atoms with van der Waals surface area (Å²) < 4.78 is 15.9. The third-order valence-corrected chi connectivity index (χ3v) is 6.08. The molecule has 31 heavy (non-hydrogen) atoms. The van der Waals surface area contributed by atoms with E-state index in [1.807, 2.05) is 25.5 Å². The van der Waals surface area contributed by atoms with E-state index in [1.54, 1.807) is 18.3 Å². The second-order valence-corrected chi connectivity index (χ2v) is 10.1. The summed E-state index contributed by atoms with van der Waals surface area (Å²) in [5, 5.41) is 5.86. The molecule has 0 unspecified atom stereocenters. The van der Waals surface area contributed by atoms with Crippen molar-refractivity contribution in [1.82, 2.24) is 24.2 Å². The van der Waals surface area contributed by atoms with Crippen molar-refractivity contribution in [3.8, 4) is 11.4 Å². The van der Waals surface area contributed by atoms with Crippen LogP contribution in [-0.4, -0.2) is 62.7 Å². The maximum atomic E-state index is 12.1. The number of carbonyl (C=O) groups is 1. The Labute approximate surface area is 195 Å². The van der Waals surface area contributed by atoms with Crippen molar-refractivity contribution >= 4 is 39.6 Å². The maximum absolute atomic E-state index is 12.1. The van der Waals surface area contributed by atoms with Gasteiger partial charge in [0.25, 0.3) is 0 Å². The molecule has 1 amide bonds. The van der Waals surface area contributed by atoms with E-state index in [1.165, 1.54) is 14.5 Å². The third-order valence-electron chi connectivity index (χ3n) is 5.22. The maximum Gasteiger partial charge on any atom is 0.410 e. The highest BCUT2D eigenvalue weighted by Crippen LogP contribution is 2.28. The van der Waals surface area contributed by atoms with Crippen molar-refractivity contribution in [3.05, 3.63) is 34.3 Å². The molecule has 1 saturated heterocycles. The summed E-state index contributed by atoms with van der Waals surface area (Å²) >= 11 is 2.37. The Kier molecular flexibility index (Phi) is 6.25. The number of carbonyl (C=O) groups excluding carboxylic acids is 1. The van der Waals surface area contributed by atoms with Gasteiger partial charge in [-0.2, -0.15) is 5.10 Å². The summed E-state index contributed by atoms with van der Waals surface area (Å²) in [4.78, 5) is 18.3. The first-order valence-electron chi connectivity index (χ1n) is 10.4. The zero-order valence-electron chi connectivity index (χ0n) is 18.3. The number of benzene rings is 1. The summed E-state index contributed by atoms with van der Waals surface area (Å²) in [5.41, 5.74) is 1.71. The van der Waals surface area contributed by atoms with Crippen molar-refractivity contribution < 1.29 is 14.3 Å². The van der Waals surface area contributed by atoms with E-state index in [0.29, 0.717) is 31.4 Å². The molecule has 0 saturated carbocycles. The number of nitrogens with zero attached hydrogens (tertiary/aromatic N) is 5. The quantitative estimate of drug-likeness (QED) is 0.445. The number of hydrogen-bond donors (Lipinski definition) is 0. The first-order chi connectivity index (χ1) is 14.7. The molecule has 9 heteroatoms. The monoisotopic (exact) mass is 537 g/mol. The third kappa shape index (κ3) is 5.03. The molecular weight excluding hydrogens is 509 g/mol. The number of ether oxygens (including phenoxy) is 2. The van der Waals surface area contributed by atoms with Crippen LogP contribution < -0.4 is 0 Å². The zero-order chi connectivity index (χ0) is 22.2. The molecule has 0 radical (unpaired) electrons. The zero-order valence-corrected chi connectivity index (χ0v) is 20.5. The van der Waals surface area contributed by atoms with E-state index in [2.05, 4.69) is 61.6 Å². The van der Waals surface area contributed by atoms with Gasteiger partial charge in [-0.05, 0) is 61.6 Å². The summed E-state index contributed by atoms with van der Waals surface area (Å²) in [5.74, 6) is 1.07. The Morgan fingerprint density at radius 3 is 2.77 bits per heavy atom. The van der Waals surface area contributed by atoms with Crippen LogP contribution in [0.15, 0.2) is 30.7 Å². The summed E-state index contributed by atoms with van der Waals surface area (Å²) in [6, 6.07) is 6.33. The number of methoxy groups -OCH3 is 1. The predicted molar refractivity (Wildman–Crippen MR) is 127 cm³/mol. The molecular formula is C22H28IN5O3. The lowest BCUT2D eigenvalue weighted by molar-refractivity contribution is -0.00384. The van der Waals surface area contributed by atoms with E-state index in [0.717, 1.165) is 18.7 Å². The van der Waals surface area contributed by atoms with Gasteiger partial charge in [0.2, 0.25) is 0 Å². The fourth-order valence-electron chi connectivity index (χ4n) is 3.71. The largest absolute Gasteiger partial charge is 0.444 e. The minimum Gasteiger partial charge on any atom is -0.444 e. The lowest BCUT2D eigenvalue weighted by Crippen LogP contribution is -2.52. The normalized spacial score (nSPS) is 14.8. The van der Waals surface area contributed by atoms with E-state index in [-0.39, 0.29) is 6.09 Å². The Hall–Kier alpha value is -2.14. The van der Waals surface area contributed by atoms with Gasteiger partial charge >= 0.3 is 6.09 Å². The number of likely N-dealkylation sites (tertiary alicyclic amines) is 1. The van der Waals surface area contributed by atoms with Crippen molar-refractivity contribution in [2.45, 2.75) is 39.5 Å². The van der Waals surface area contributed by atoms with Gasteiger partial charge in [0.05, 0.1) is 6.61 Å². The van der Waals surface area contributed by atoms with Crippen LogP contribution in [0.3, 0.4) is 0 Å². The predicted octanol–water partition coefficient (Wildman–Crippen LogP) is 4.02. The van der Waals surface area contributed by atoms with Crippen LogP contribution in [0.4, 0.5) is 4.79 Å². The molecule has 0 N–H and O–H groups in total. The topological polar surface area (TPSA) is 74.4 Å². The number of halogens is 1. The minimum absolute atomic E-state index is 0.247. The molecule has 0 spiro atoms. The molecule has 3 heterocycles. The van der Waals surface area contributed by atoms with Crippen LogP contribution >= 0.6 is 22.6 Å². The molecule has 1 aliphatic rings. The van der Waals surface area contributed by atoms with E-state index in [4.69, 9.17) is 9.47 Å². The van der Waals surface area contributed by atoms with Crippen LogP contribution in [0.25, 0.3) is 22.3 Å². The Balaban J connectivity index is 1.40. The first kappa shape index (κ1) is 22.1. The summed E-state index contributed by atoms with van der Waals surface area (Å²) in [6.07, 6.45) is 3.67. The number of fused-ring (bicyclic) bond motifs is 1. The molecule has 1 aliphatic heterocycles. The van der Waals surface area contributed by atoms with Crippen LogP contribution in [0.5, 0.6) is 0 Å².